The van der Waals surface area contributed by atoms with Crippen molar-refractivity contribution in [3.8, 4) is 33.3 Å². The second-order valence-electron chi connectivity index (χ2n) is 6.59. The molecule has 0 fully saturated rings. The lowest BCUT2D eigenvalue weighted by atomic mass is 10.1. The van der Waals surface area contributed by atoms with Crippen LogP contribution in [0.1, 0.15) is 10.4 Å². The Hall–Kier alpha value is -3.35. The maximum absolute atomic E-state index is 12.9. The third-order valence-electron chi connectivity index (χ3n) is 4.68. The highest BCUT2D eigenvalue weighted by molar-refractivity contribution is 7.13. The van der Waals surface area contributed by atoms with Gasteiger partial charge < -0.3 is 14.8 Å². The number of nitrogens with zero attached hydrogens (tertiary/aromatic N) is 1. The summed E-state index contributed by atoms with van der Waals surface area (Å²) >= 11 is 7.83. The molecule has 1 aromatic heterocycles. The van der Waals surface area contributed by atoms with E-state index in [9.17, 15) is 4.79 Å². The summed E-state index contributed by atoms with van der Waals surface area (Å²) in [5.74, 6) is 0.565. The number of hydrogen-bond donors (Lipinski definition) is 1. The molecular weight excluding hydrogens is 432 g/mol. The summed E-state index contributed by atoms with van der Waals surface area (Å²) in [5.41, 5.74) is 3.58. The summed E-state index contributed by atoms with van der Waals surface area (Å²) in [6.07, 6.45) is 0. The van der Waals surface area contributed by atoms with E-state index >= 15 is 0 Å². The van der Waals surface area contributed by atoms with E-state index in [2.05, 4.69) is 5.32 Å². The fourth-order valence-electron chi connectivity index (χ4n) is 3.19. The van der Waals surface area contributed by atoms with Crippen molar-refractivity contribution < 1.29 is 14.3 Å². The lowest BCUT2D eigenvalue weighted by Crippen LogP contribution is -2.14. The zero-order valence-electron chi connectivity index (χ0n) is 16.9. The van der Waals surface area contributed by atoms with Crippen molar-refractivity contribution in [1.29, 1.82) is 0 Å². The Morgan fingerprint density at radius 1 is 0.968 bits per heavy atom. The average Bonchev–Trinajstić information content (AvgIpc) is 3.29. The zero-order chi connectivity index (χ0) is 21.8. The SMILES string of the molecule is COc1cccc(OC)c1C(=O)Nc1cccc(-c2csc(-c3ccccc3Cl)n2)c1. The molecule has 1 amide bonds. The van der Waals surface area contributed by atoms with Crippen LogP contribution in [0.25, 0.3) is 21.8 Å². The van der Waals surface area contributed by atoms with Crippen molar-refractivity contribution >= 4 is 34.5 Å². The van der Waals surface area contributed by atoms with Crippen LogP contribution in [-0.2, 0) is 0 Å². The largest absolute Gasteiger partial charge is 0.496 e. The molecule has 7 heteroatoms. The Balaban J connectivity index is 1.61. The molecule has 31 heavy (non-hydrogen) atoms. The zero-order valence-corrected chi connectivity index (χ0v) is 18.5. The molecule has 0 radical (unpaired) electrons. The quantitative estimate of drug-likeness (QED) is 0.369. The van der Waals surface area contributed by atoms with Crippen LogP contribution in [0.5, 0.6) is 11.5 Å². The summed E-state index contributed by atoms with van der Waals surface area (Å²) in [7, 11) is 3.04. The molecule has 3 aromatic carbocycles. The maximum atomic E-state index is 12.9. The molecule has 1 N–H and O–H groups in total. The molecule has 4 rings (SSSR count). The number of benzene rings is 3. The monoisotopic (exact) mass is 450 g/mol. The molecule has 156 valence electrons. The summed E-state index contributed by atoms with van der Waals surface area (Å²) in [4.78, 5) is 17.7. The van der Waals surface area contributed by atoms with E-state index in [1.54, 1.807) is 18.2 Å². The number of hydrogen-bond acceptors (Lipinski definition) is 5. The number of carbonyl (C=O) groups excluding carboxylic acids is 1. The van der Waals surface area contributed by atoms with E-state index in [1.165, 1.54) is 25.6 Å². The number of anilines is 1. The molecule has 0 aliphatic carbocycles. The van der Waals surface area contributed by atoms with Crippen LogP contribution in [0.4, 0.5) is 5.69 Å². The van der Waals surface area contributed by atoms with Crippen molar-refractivity contribution in [2.45, 2.75) is 0 Å². The molecule has 0 saturated heterocycles. The van der Waals surface area contributed by atoms with E-state index in [1.807, 2.05) is 53.9 Å². The van der Waals surface area contributed by atoms with E-state index in [4.69, 9.17) is 26.1 Å². The third kappa shape index (κ3) is 4.40. The van der Waals surface area contributed by atoms with Crippen molar-refractivity contribution in [1.82, 2.24) is 4.98 Å². The Morgan fingerprint density at radius 2 is 1.68 bits per heavy atom. The van der Waals surface area contributed by atoms with Gasteiger partial charge in [-0.25, -0.2) is 4.98 Å². The normalized spacial score (nSPS) is 10.5. The van der Waals surface area contributed by atoms with Gasteiger partial charge in [0.15, 0.2) is 0 Å². The second kappa shape index (κ2) is 9.20. The Labute approximate surface area is 189 Å². The van der Waals surface area contributed by atoms with E-state index < -0.39 is 0 Å². The first-order chi connectivity index (χ1) is 15.1. The first-order valence-corrected chi connectivity index (χ1v) is 10.7. The van der Waals surface area contributed by atoms with Crippen molar-refractivity contribution in [2.24, 2.45) is 0 Å². The smallest absolute Gasteiger partial charge is 0.263 e. The van der Waals surface area contributed by atoms with Gasteiger partial charge in [-0.2, -0.15) is 0 Å². The van der Waals surface area contributed by atoms with E-state index in [-0.39, 0.29) is 5.91 Å². The van der Waals surface area contributed by atoms with Gasteiger partial charge in [0.05, 0.1) is 24.9 Å². The summed E-state index contributed by atoms with van der Waals surface area (Å²) in [6.45, 7) is 0. The molecular formula is C24H19ClN2O3S. The van der Waals surface area contributed by atoms with Crippen molar-refractivity contribution in [3.63, 3.8) is 0 Å². The van der Waals surface area contributed by atoms with Gasteiger partial charge in [0.1, 0.15) is 22.1 Å². The van der Waals surface area contributed by atoms with Crippen LogP contribution >= 0.6 is 22.9 Å². The summed E-state index contributed by atoms with van der Waals surface area (Å²) < 4.78 is 10.7. The van der Waals surface area contributed by atoms with Crippen molar-refractivity contribution in [3.05, 3.63) is 82.7 Å². The molecule has 0 aliphatic rings. The van der Waals surface area contributed by atoms with Gasteiger partial charge in [-0.1, -0.05) is 48.0 Å². The predicted molar refractivity (Wildman–Crippen MR) is 125 cm³/mol. The molecule has 0 aliphatic heterocycles. The van der Waals surface area contributed by atoms with Gasteiger partial charge in [0.2, 0.25) is 0 Å². The molecule has 0 spiro atoms. The highest BCUT2D eigenvalue weighted by Crippen LogP contribution is 2.34. The highest BCUT2D eigenvalue weighted by Gasteiger charge is 2.18. The summed E-state index contributed by atoms with van der Waals surface area (Å²) in [5, 5.41) is 6.40. The Bertz CT molecular complexity index is 1220. The minimum absolute atomic E-state index is 0.318. The number of halogens is 1. The number of methoxy groups -OCH3 is 2. The predicted octanol–water partition coefficient (Wildman–Crippen LogP) is 6.40. The highest BCUT2D eigenvalue weighted by atomic mass is 35.5. The van der Waals surface area contributed by atoms with Gasteiger partial charge in [-0.3, -0.25) is 4.79 Å². The van der Waals surface area contributed by atoms with Crippen LogP contribution in [0.2, 0.25) is 5.02 Å². The number of thiazole rings is 1. The number of nitrogens with one attached hydrogen (secondary N) is 1. The van der Waals surface area contributed by atoms with Gasteiger partial charge in [-0.15, -0.1) is 11.3 Å². The standard InChI is InChI=1S/C24H19ClN2O3S/c1-29-20-11-6-12-21(30-2)22(20)23(28)26-16-8-5-7-15(13-16)19-14-31-24(27-19)17-9-3-4-10-18(17)25/h3-14H,1-2H3,(H,26,28). The maximum Gasteiger partial charge on any atom is 0.263 e. The molecule has 1 heterocycles. The number of carbonyl (C=O) groups is 1. The van der Waals surface area contributed by atoms with Crippen LogP contribution in [0, 0.1) is 0 Å². The van der Waals surface area contributed by atoms with Crippen molar-refractivity contribution in [2.75, 3.05) is 19.5 Å². The fourth-order valence-corrected chi connectivity index (χ4v) is 4.34. The second-order valence-corrected chi connectivity index (χ2v) is 7.86. The van der Waals surface area contributed by atoms with E-state index in [0.29, 0.717) is 27.8 Å². The Kier molecular flexibility index (Phi) is 6.21. The van der Waals surface area contributed by atoms with Gasteiger partial charge in [0.25, 0.3) is 5.91 Å². The first kappa shape index (κ1) is 20.9. The van der Waals surface area contributed by atoms with Gasteiger partial charge in [-0.05, 0) is 30.3 Å². The average molecular weight is 451 g/mol. The van der Waals surface area contributed by atoms with Crippen LogP contribution in [0.3, 0.4) is 0 Å². The minimum atomic E-state index is -0.318. The number of amides is 1. The first-order valence-electron chi connectivity index (χ1n) is 9.44. The lowest BCUT2D eigenvalue weighted by molar-refractivity contribution is 0.102. The van der Waals surface area contributed by atoms with E-state index in [0.717, 1.165) is 21.8 Å². The minimum Gasteiger partial charge on any atom is -0.496 e. The topological polar surface area (TPSA) is 60.5 Å². The van der Waals surface area contributed by atoms with Crippen LogP contribution < -0.4 is 14.8 Å². The van der Waals surface area contributed by atoms with Gasteiger partial charge >= 0.3 is 0 Å². The van der Waals surface area contributed by atoms with Gasteiger partial charge in [0, 0.05) is 22.2 Å². The summed E-state index contributed by atoms with van der Waals surface area (Å²) in [6, 6.07) is 20.4. The molecule has 0 unspecified atom stereocenters. The fraction of sp³-hybridized carbons (Fsp3) is 0.0833. The molecule has 5 nitrogen and oxygen atoms in total. The lowest BCUT2D eigenvalue weighted by Gasteiger charge is -2.13. The molecule has 0 saturated carbocycles. The van der Waals surface area contributed by atoms with Crippen LogP contribution in [-0.4, -0.2) is 25.1 Å². The number of rotatable bonds is 6. The number of ether oxygens (including phenoxy) is 2. The third-order valence-corrected chi connectivity index (χ3v) is 5.88. The number of aromatic nitrogens is 1. The Morgan fingerprint density at radius 3 is 2.39 bits per heavy atom. The van der Waals surface area contributed by atoms with Crippen LogP contribution in [0.15, 0.2) is 72.1 Å². The molecule has 4 aromatic rings. The molecule has 0 atom stereocenters. The molecule has 0 bridgehead atoms.